The summed E-state index contributed by atoms with van der Waals surface area (Å²) in [7, 11) is 3.15. The quantitative estimate of drug-likeness (QED) is 0.843. The van der Waals surface area contributed by atoms with Crippen molar-refractivity contribution in [2.75, 3.05) is 27.3 Å². The average Bonchev–Trinajstić information content (AvgIpc) is 3.16. The number of H-pyrrole nitrogens is 1. The molecule has 1 aromatic heterocycles. The SMILES string of the molecule is CCC1C(=O)NCCN1C(=O)c1cc(-c2ccc(OC)cc2OC)n[nH]1. The number of piperazine rings is 1. The minimum Gasteiger partial charge on any atom is -0.497 e. The first-order chi connectivity index (χ1) is 12.6. The first kappa shape index (κ1) is 17.8. The van der Waals surface area contributed by atoms with Crippen LogP contribution in [0.15, 0.2) is 24.3 Å². The van der Waals surface area contributed by atoms with Gasteiger partial charge >= 0.3 is 0 Å². The van der Waals surface area contributed by atoms with Crippen LogP contribution in [0.1, 0.15) is 23.8 Å². The second-order valence-corrected chi connectivity index (χ2v) is 5.95. The Morgan fingerprint density at radius 2 is 2.12 bits per heavy atom. The Hall–Kier alpha value is -3.03. The summed E-state index contributed by atoms with van der Waals surface area (Å²) in [5, 5.41) is 9.81. The monoisotopic (exact) mass is 358 g/mol. The van der Waals surface area contributed by atoms with Gasteiger partial charge in [0.1, 0.15) is 23.2 Å². The summed E-state index contributed by atoms with van der Waals surface area (Å²) in [6.45, 7) is 2.81. The summed E-state index contributed by atoms with van der Waals surface area (Å²) >= 11 is 0. The molecule has 1 atom stereocenters. The number of carbonyl (C=O) groups excluding carboxylic acids is 2. The highest BCUT2D eigenvalue weighted by Crippen LogP contribution is 2.32. The van der Waals surface area contributed by atoms with E-state index < -0.39 is 6.04 Å². The predicted octanol–water partition coefficient (Wildman–Crippen LogP) is 1.44. The Morgan fingerprint density at radius 1 is 1.31 bits per heavy atom. The Kier molecular flexibility index (Phi) is 5.11. The number of nitrogens with zero attached hydrogens (tertiary/aromatic N) is 2. The van der Waals surface area contributed by atoms with Crippen molar-refractivity contribution in [3.63, 3.8) is 0 Å². The van der Waals surface area contributed by atoms with Gasteiger partial charge in [0.2, 0.25) is 5.91 Å². The minimum absolute atomic E-state index is 0.122. The molecule has 3 rings (SSSR count). The van der Waals surface area contributed by atoms with E-state index in [-0.39, 0.29) is 11.8 Å². The summed E-state index contributed by atoms with van der Waals surface area (Å²) in [6, 6.07) is 6.60. The summed E-state index contributed by atoms with van der Waals surface area (Å²) in [6.07, 6.45) is 0.560. The van der Waals surface area contributed by atoms with E-state index in [1.54, 1.807) is 37.3 Å². The van der Waals surface area contributed by atoms with Gasteiger partial charge in [-0.2, -0.15) is 5.10 Å². The van der Waals surface area contributed by atoms with Crippen LogP contribution in [0.2, 0.25) is 0 Å². The Bertz CT molecular complexity index is 817. The topological polar surface area (TPSA) is 96.6 Å². The van der Waals surface area contributed by atoms with E-state index in [0.29, 0.717) is 42.4 Å². The van der Waals surface area contributed by atoms with Gasteiger partial charge in [-0.15, -0.1) is 0 Å². The first-order valence-corrected chi connectivity index (χ1v) is 8.45. The zero-order chi connectivity index (χ0) is 18.7. The number of aromatic amines is 1. The highest BCUT2D eigenvalue weighted by Gasteiger charge is 2.33. The third-order valence-electron chi connectivity index (χ3n) is 4.47. The van der Waals surface area contributed by atoms with E-state index >= 15 is 0 Å². The zero-order valence-electron chi connectivity index (χ0n) is 15.0. The van der Waals surface area contributed by atoms with Crippen LogP contribution < -0.4 is 14.8 Å². The molecule has 138 valence electrons. The van der Waals surface area contributed by atoms with Crippen LogP contribution in [0, 0.1) is 0 Å². The van der Waals surface area contributed by atoms with Crippen molar-refractivity contribution in [2.45, 2.75) is 19.4 Å². The van der Waals surface area contributed by atoms with Crippen LogP contribution >= 0.6 is 0 Å². The molecule has 1 unspecified atom stereocenters. The van der Waals surface area contributed by atoms with Crippen LogP contribution in [0.25, 0.3) is 11.3 Å². The molecule has 2 amide bonds. The number of benzene rings is 1. The van der Waals surface area contributed by atoms with E-state index in [1.807, 2.05) is 13.0 Å². The van der Waals surface area contributed by atoms with Crippen molar-refractivity contribution in [1.29, 1.82) is 0 Å². The number of rotatable bonds is 5. The van der Waals surface area contributed by atoms with Crippen molar-refractivity contribution in [3.8, 4) is 22.8 Å². The summed E-state index contributed by atoms with van der Waals surface area (Å²) in [4.78, 5) is 26.4. The molecule has 1 aromatic carbocycles. The average molecular weight is 358 g/mol. The Labute approximate surface area is 151 Å². The highest BCUT2D eigenvalue weighted by molar-refractivity contribution is 5.97. The normalized spacial score (nSPS) is 17.0. The van der Waals surface area contributed by atoms with Gasteiger partial charge in [-0.1, -0.05) is 6.92 Å². The van der Waals surface area contributed by atoms with E-state index in [2.05, 4.69) is 15.5 Å². The molecule has 26 heavy (non-hydrogen) atoms. The molecule has 1 saturated heterocycles. The summed E-state index contributed by atoms with van der Waals surface area (Å²) in [5.74, 6) is 0.905. The molecule has 1 aliphatic heterocycles. The van der Waals surface area contributed by atoms with E-state index in [1.165, 1.54) is 0 Å². The number of aromatic nitrogens is 2. The molecule has 0 saturated carbocycles. The number of carbonyl (C=O) groups is 2. The lowest BCUT2D eigenvalue weighted by atomic mass is 10.1. The molecular weight excluding hydrogens is 336 g/mol. The molecule has 8 heteroatoms. The summed E-state index contributed by atoms with van der Waals surface area (Å²) < 4.78 is 10.6. The lowest BCUT2D eigenvalue weighted by molar-refractivity contribution is -0.127. The zero-order valence-corrected chi connectivity index (χ0v) is 15.0. The molecule has 8 nitrogen and oxygen atoms in total. The number of methoxy groups -OCH3 is 2. The number of nitrogens with one attached hydrogen (secondary N) is 2. The molecule has 0 aliphatic carbocycles. The Balaban J connectivity index is 1.88. The molecule has 2 heterocycles. The van der Waals surface area contributed by atoms with E-state index in [9.17, 15) is 9.59 Å². The third-order valence-corrected chi connectivity index (χ3v) is 4.47. The first-order valence-electron chi connectivity index (χ1n) is 8.45. The second-order valence-electron chi connectivity index (χ2n) is 5.95. The van der Waals surface area contributed by atoms with E-state index in [4.69, 9.17) is 9.47 Å². The fourth-order valence-electron chi connectivity index (χ4n) is 3.10. The predicted molar refractivity (Wildman–Crippen MR) is 95.3 cm³/mol. The van der Waals surface area contributed by atoms with Crippen LogP contribution in [0.4, 0.5) is 0 Å². The highest BCUT2D eigenvalue weighted by atomic mass is 16.5. The van der Waals surface area contributed by atoms with Gasteiger partial charge < -0.3 is 19.7 Å². The van der Waals surface area contributed by atoms with Gasteiger partial charge in [0.15, 0.2) is 0 Å². The maximum absolute atomic E-state index is 12.8. The van der Waals surface area contributed by atoms with Crippen LogP contribution in [-0.4, -0.2) is 60.3 Å². The summed E-state index contributed by atoms with van der Waals surface area (Å²) in [5.41, 5.74) is 1.67. The largest absolute Gasteiger partial charge is 0.497 e. The van der Waals surface area contributed by atoms with Crippen molar-refractivity contribution >= 4 is 11.8 Å². The number of ether oxygens (including phenoxy) is 2. The number of amides is 2. The number of hydrogen-bond acceptors (Lipinski definition) is 5. The molecule has 1 fully saturated rings. The van der Waals surface area contributed by atoms with Crippen LogP contribution in [0.3, 0.4) is 0 Å². The lowest BCUT2D eigenvalue weighted by Crippen LogP contribution is -2.56. The fourth-order valence-corrected chi connectivity index (χ4v) is 3.10. The van der Waals surface area contributed by atoms with E-state index in [0.717, 1.165) is 5.56 Å². The number of hydrogen-bond donors (Lipinski definition) is 2. The van der Waals surface area contributed by atoms with Crippen LogP contribution in [0.5, 0.6) is 11.5 Å². The molecule has 2 aromatic rings. The third kappa shape index (κ3) is 3.22. The second kappa shape index (κ2) is 7.47. The molecule has 0 radical (unpaired) electrons. The van der Waals surface area contributed by atoms with Crippen molar-refractivity contribution in [2.24, 2.45) is 0 Å². The van der Waals surface area contributed by atoms with Crippen molar-refractivity contribution < 1.29 is 19.1 Å². The Morgan fingerprint density at radius 3 is 2.81 bits per heavy atom. The van der Waals surface area contributed by atoms with Gasteiger partial charge in [-0.05, 0) is 24.6 Å². The maximum atomic E-state index is 12.8. The molecular formula is C18H22N4O4. The van der Waals surface area contributed by atoms with Gasteiger partial charge in [0.25, 0.3) is 5.91 Å². The maximum Gasteiger partial charge on any atom is 0.272 e. The molecule has 0 bridgehead atoms. The van der Waals surface area contributed by atoms with Crippen molar-refractivity contribution in [3.05, 3.63) is 30.0 Å². The minimum atomic E-state index is -0.460. The lowest BCUT2D eigenvalue weighted by Gasteiger charge is -2.34. The standard InChI is InChI=1S/C18H22N4O4/c1-4-15-17(23)19-7-8-22(15)18(24)14-10-13(20-21-14)12-6-5-11(25-2)9-16(12)26-3/h5-6,9-10,15H,4,7-8H2,1-3H3,(H,19,23)(H,20,21). The smallest absolute Gasteiger partial charge is 0.272 e. The van der Waals surface area contributed by atoms with Crippen LogP contribution in [-0.2, 0) is 4.79 Å². The molecule has 1 aliphatic rings. The fraction of sp³-hybridized carbons (Fsp3) is 0.389. The van der Waals surface area contributed by atoms with Gasteiger partial charge in [0.05, 0.1) is 19.9 Å². The van der Waals surface area contributed by atoms with Gasteiger partial charge in [0, 0.05) is 24.7 Å². The molecule has 2 N–H and O–H groups in total. The van der Waals surface area contributed by atoms with Gasteiger partial charge in [-0.3, -0.25) is 14.7 Å². The van der Waals surface area contributed by atoms with Crippen molar-refractivity contribution in [1.82, 2.24) is 20.4 Å². The van der Waals surface area contributed by atoms with Gasteiger partial charge in [-0.25, -0.2) is 0 Å². The molecule has 0 spiro atoms.